The van der Waals surface area contributed by atoms with Gasteiger partial charge in [0, 0.05) is 30.0 Å². The fraction of sp³-hybridized carbons (Fsp3) is 0.318. The minimum Gasteiger partial charge on any atom is -0.357 e. The van der Waals surface area contributed by atoms with Gasteiger partial charge in [0.15, 0.2) is 5.65 Å². The maximum atomic E-state index is 13.5. The standard InChI is InChI=1S/C22H23N5O/c1-14-11-21-23-13-17(15(2)27(21)25-14)22(28)26-10-6-5-9-20(26)19-12-16-7-3-4-8-18(16)24-19/h3-4,7-8,11-13,20,24H,5-6,9-10H2,1-2H3. The van der Waals surface area contributed by atoms with E-state index in [9.17, 15) is 4.79 Å². The Morgan fingerprint density at radius 2 is 2.04 bits per heavy atom. The Morgan fingerprint density at radius 3 is 2.89 bits per heavy atom. The Labute approximate surface area is 163 Å². The zero-order chi connectivity index (χ0) is 19.3. The van der Waals surface area contributed by atoms with Crippen LogP contribution in [-0.4, -0.2) is 36.9 Å². The number of carbonyl (C=O) groups excluding carboxylic acids is 1. The molecular weight excluding hydrogens is 350 g/mol. The van der Waals surface area contributed by atoms with Crippen LogP contribution in [-0.2, 0) is 0 Å². The van der Waals surface area contributed by atoms with Crippen molar-refractivity contribution in [3.05, 3.63) is 65.2 Å². The summed E-state index contributed by atoms with van der Waals surface area (Å²) in [6.07, 6.45) is 4.82. The molecule has 28 heavy (non-hydrogen) atoms. The van der Waals surface area contributed by atoms with Crippen LogP contribution in [0.3, 0.4) is 0 Å². The second-order valence-electron chi connectivity index (χ2n) is 7.64. The van der Waals surface area contributed by atoms with E-state index in [1.165, 1.54) is 5.39 Å². The fourth-order valence-corrected chi connectivity index (χ4v) is 4.30. The van der Waals surface area contributed by atoms with Gasteiger partial charge < -0.3 is 9.88 Å². The van der Waals surface area contributed by atoms with E-state index in [-0.39, 0.29) is 11.9 Å². The first-order chi connectivity index (χ1) is 13.6. The number of aryl methyl sites for hydroxylation is 2. The number of piperidine rings is 1. The van der Waals surface area contributed by atoms with Crippen LogP contribution >= 0.6 is 0 Å². The maximum Gasteiger partial charge on any atom is 0.257 e. The molecule has 0 saturated carbocycles. The van der Waals surface area contributed by atoms with Crippen LogP contribution in [0.4, 0.5) is 0 Å². The fourth-order valence-electron chi connectivity index (χ4n) is 4.30. The second kappa shape index (κ2) is 6.48. The molecule has 1 amide bonds. The number of aromatic nitrogens is 4. The second-order valence-corrected chi connectivity index (χ2v) is 7.64. The van der Waals surface area contributed by atoms with Gasteiger partial charge in [-0.1, -0.05) is 18.2 Å². The molecule has 4 aromatic rings. The Hall–Kier alpha value is -3.15. The van der Waals surface area contributed by atoms with Crippen molar-refractivity contribution in [2.75, 3.05) is 6.54 Å². The van der Waals surface area contributed by atoms with E-state index >= 15 is 0 Å². The van der Waals surface area contributed by atoms with E-state index in [1.807, 2.05) is 36.9 Å². The summed E-state index contributed by atoms with van der Waals surface area (Å²) >= 11 is 0. The SMILES string of the molecule is Cc1cc2ncc(C(=O)N3CCCCC3c3cc4ccccc4[nH]3)c(C)n2n1. The van der Waals surface area contributed by atoms with Crippen LogP contribution in [0, 0.1) is 13.8 Å². The third kappa shape index (κ3) is 2.68. The van der Waals surface area contributed by atoms with Crippen LogP contribution < -0.4 is 0 Å². The van der Waals surface area contributed by atoms with Crippen LogP contribution in [0.1, 0.15) is 52.7 Å². The average molecular weight is 373 g/mol. The van der Waals surface area contributed by atoms with E-state index in [2.05, 4.69) is 33.3 Å². The highest BCUT2D eigenvalue weighted by Gasteiger charge is 2.31. The van der Waals surface area contributed by atoms with Crippen molar-refractivity contribution in [2.45, 2.75) is 39.2 Å². The lowest BCUT2D eigenvalue weighted by Crippen LogP contribution is -2.39. The Balaban J connectivity index is 1.54. The summed E-state index contributed by atoms with van der Waals surface area (Å²) < 4.78 is 1.77. The van der Waals surface area contributed by atoms with E-state index in [4.69, 9.17) is 0 Å². The van der Waals surface area contributed by atoms with Crippen molar-refractivity contribution in [1.29, 1.82) is 0 Å². The van der Waals surface area contributed by atoms with Crippen molar-refractivity contribution >= 4 is 22.5 Å². The molecule has 3 aromatic heterocycles. The highest BCUT2D eigenvalue weighted by molar-refractivity contribution is 5.95. The van der Waals surface area contributed by atoms with E-state index in [0.717, 1.165) is 54.1 Å². The van der Waals surface area contributed by atoms with Crippen molar-refractivity contribution in [3.63, 3.8) is 0 Å². The number of likely N-dealkylation sites (tertiary alicyclic amines) is 1. The number of benzene rings is 1. The lowest BCUT2D eigenvalue weighted by molar-refractivity contribution is 0.0605. The normalized spacial score (nSPS) is 17.5. The van der Waals surface area contributed by atoms with Gasteiger partial charge in [-0.25, -0.2) is 9.50 Å². The zero-order valence-corrected chi connectivity index (χ0v) is 16.1. The minimum absolute atomic E-state index is 0.0309. The van der Waals surface area contributed by atoms with E-state index in [1.54, 1.807) is 10.7 Å². The molecule has 6 heteroatoms. The molecule has 1 N–H and O–H groups in total. The van der Waals surface area contributed by atoms with Gasteiger partial charge in [0.25, 0.3) is 5.91 Å². The van der Waals surface area contributed by atoms with Crippen molar-refractivity contribution in [2.24, 2.45) is 0 Å². The molecule has 4 heterocycles. The molecule has 0 bridgehead atoms. The van der Waals surface area contributed by atoms with Gasteiger partial charge >= 0.3 is 0 Å². The molecule has 1 unspecified atom stereocenters. The number of para-hydroxylation sites is 1. The Kier molecular flexibility index (Phi) is 3.93. The summed E-state index contributed by atoms with van der Waals surface area (Å²) in [4.78, 5) is 23.5. The number of hydrogen-bond acceptors (Lipinski definition) is 3. The van der Waals surface area contributed by atoms with Gasteiger partial charge in [-0.05, 0) is 50.6 Å². The Morgan fingerprint density at radius 1 is 1.18 bits per heavy atom. The lowest BCUT2D eigenvalue weighted by Gasteiger charge is -2.35. The molecule has 1 atom stereocenters. The highest BCUT2D eigenvalue weighted by atomic mass is 16.2. The highest BCUT2D eigenvalue weighted by Crippen LogP contribution is 2.33. The van der Waals surface area contributed by atoms with Crippen molar-refractivity contribution in [3.8, 4) is 0 Å². The number of amides is 1. The van der Waals surface area contributed by atoms with Gasteiger partial charge in [-0.2, -0.15) is 5.10 Å². The molecule has 1 aromatic carbocycles. The molecule has 1 aliphatic rings. The first-order valence-electron chi connectivity index (χ1n) is 9.82. The molecule has 0 radical (unpaired) electrons. The predicted molar refractivity (Wildman–Crippen MR) is 108 cm³/mol. The predicted octanol–water partition coefficient (Wildman–Crippen LogP) is 4.19. The monoisotopic (exact) mass is 373 g/mol. The molecule has 0 spiro atoms. The zero-order valence-electron chi connectivity index (χ0n) is 16.1. The summed E-state index contributed by atoms with van der Waals surface area (Å²) in [5.74, 6) is 0.0309. The van der Waals surface area contributed by atoms with Crippen LogP contribution in [0.2, 0.25) is 0 Å². The van der Waals surface area contributed by atoms with Gasteiger partial charge in [0.05, 0.1) is 23.0 Å². The van der Waals surface area contributed by atoms with E-state index < -0.39 is 0 Å². The quantitative estimate of drug-likeness (QED) is 0.573. The first-order valence-corrected chi connectivity index (χ1v) is 9.82. The average Bonchev–Trinajstić information content (AvgIpc) is 3.31. The molecule has 142 valence electrons. The molecule has 1 fully saturated rings. The number of carbonyl (C=O) groups is 1. The van der Waals surface area contributed by atoms with Crippen LogP contribution in [0.5, 0.6) is 0 Å². The first kappa shape index (κ1) is 17.0. The van der Waals surface area contributed by atoms with Crippen molar-refractivity contribution < 1.29 is 4.79 Å². The van der Waals surface area contributed by atoms with Crippen LogP contribution in [0.15, 0.2) is 42.6 Å². The van der Waals surface area contributed by atoms with Gasteiger partial charge in [0.1, 0.15) is 0 Å². The number of H-pyrrole nitrogens is 1. The number of fused-ring (bicyclic) bond motifs is 2. The summed E-state index contributed by atoms with van der Waals surface area (Å²) in [6, 6.07) is 12.4. The molecule has 1 aliphatic heterocycles. The number of aromatic amines is 1. The number of hydrogen-bond donors (Lipinski definition) is 1. The van der Waals surface area contributed by atoms with Gasteiger partial charge in [-0.15, -0.1) is 0 Å². The summed E-state index contributed by atoms with van der Waals surface area (Å²) in [7, 11) is 0. The summed E-state index contributed by atoms with van der Waals surface area (Å²) in [6.45, 7) is 4.64. The molecular formula is C22H23N5O. The topological polar surface area (TPSA) is 66.3 Å². The number of nitrogens with zero attached hydrogens (tertiary/aromatic N) is 4. The van der Waals surface area contributed by atoms with E-state index in [0.29, 0.717) is 5.56 Å². The molecule has 5 rings (SSSR count). The van der Waals surface area contributed by atoms with Crippen LogP contribution in [0.25, 0.3) is 16.6 Å². The Bertz CT molecular complexity index is 1160. The third-order valence-corrected chi connectivity index (χ3v) is 5.75. The smallest absolute Gasteiger partial charge is 0.257 e. The van der Waals surface area contributed by atoms with Crippen molar-refractivity contribution in [1.82, 2.24) is 24.5 Å². The molecule has 0 aliphatic carbocycles. The maximum absolute atomic E-state index is 13.5. The van der Waals surface area contributed by atoms with Gasteiger partial charge in [-0.3, -0.25) is 4.79 Å². The third-order valence-electron chi connectivity index (χ3n) is 5.75. The summed E-state index contributed by atoms with van der Waals surface area (Å²) in [5.41, 5.74) is 5.35. The van der Waals surface area contributed by atoms with Gasteiger partial charge in [0.2, 0.25) is 0 Å². The largest absolute Gasteiger partial charge is 0.357 e. The molecule has 6 nitrogen and oxygen atoms in total. The minimum atomic E-state index is 0.0309. The summed E-state index contributed by atoms with van der Waals surface area (Å²) in [5, 5.41) is 5.67. The number of nitrogens with one attached hydrogen (secondary N) is 1. The lowest BCUT2D eigenvalue weighted by atomic mass is 9.98. The number of rotatable bonds is 2. The molecule has 1 saturated heterocycles.